The van der Waals surface area contributed by atoms with Crippen LogP contribution in [0.25, 0.3) is 0 Å². The molecule has 1 heterocycles. The highest BCUT2D eigenvalue weighted by molar-refractivity contribution is 7.89. The lowest BCUT2D eigenvalue weighted by Gasteiger charge is -2.32. The predicted octanol–water partition coefficient (Wildman–Crippen LogP) is 1.54. The lowest BCUT2D eigenvalue weighted by molar-refractivity contribution is 0.283. The third kappa shape index (κ3) is 3.25. The highest BCUT2D eigenvalue weighted by Crippen LogP contribution is 2.21. The summed E-state index contributed by atoms with van der Waals surface area (Å²) in [6.45, 7) is 5.11. The third-order valence-electron chi connectivity index (χ3n) is 3.19. The van der Waals surface area contributed by atoms with Crippen molar-refractivity contribution in [3.8, 4) is 0 Å². The van der Waals surface area contributed by atoms with Crippen LogP contribution >= 0.6 is 12.4 Å². The molecule has 0 spiro atoms. The third-order valence-corrected chi connectivity index (χ3v) is 5.20. The molecule has 0 saturated carbocycles. The largest absolute Gasteiger partial charge is 0.314 e. The van der Waals surface area contributed by atoms with Gasteiger partial charge in [-0.15, -0.1) is 12.4 Å². The second-order valence-corrected chi connectivity index (χ2v) is 6.47. The molecule has 1 aromatic carbocycles. The van der Waals surface area contributed by atoms with Gasteiger partial charge in [-0.05, 0) is 31.5 Å². The van der Waals surface area contributed by atoms with E-state index in [1.54, 1.807) is 6.92 Å². The van der Waals surface area contributed by atoms with Crippen LogP contribution in [0.1, 0.15) is 12.5 Å². The van der Waals surface area contributed by atoms with Crippen molar-refractivity contribution >= 4 is 22.4 Å². The van der Waals surface area contributed by atoms with Gasteiger partial charge in [0.2, 0.25) is 10.0 Å². The van der Waals surface area contributed by atoms with Crippen molar-refractivity contribution in [2.45, 2.75) is 24.8 Å². The molecule has 1 fully saturated rings. The van der Waals surface area contributed by atoms with Crippen LogP contribution in [0, 0.1) is 12.7 Å². The standard InChI is InChI=1S/C12H17FN2O2S.ClH/c1-9-3-4-11(7-12(9)13)18(16,17)15-6-5-14-8-10(15)2;/h3-4,7,10,14H,5-6,8H2,1-2H3;1H/t10-;/m1./s1. The smallest absolute Gasteiger partial charge is 0.243 e. The first kappa shape index (κ1) is 16.4. The summed E-state index contributed by atoms with van der Waals surface area (Å²) in [5.41, 5.74) is 0.447. The van der Waals surface area contributed by atoms with E-state index in [4.69, 9.17) is 0 Å². The first-order valence-electron chi connectivity index (χ1n) is 5.91. The van der Waals surface area contributed by atoms with Crippen molar-refractivity contribution in [1.29, 1.82) is 0 Å². The van der Waals surface area contributed by atoms with E-state index in [-0.39, 0.29) is 23.3 Å². The summed E-state index contributed by atoms with van der Waals surface area (Å²) in [6, 6.07) is 3.94. The topological polar surface area (TPSA) is 49.4 Å². The Hall–Kier alpha value is -0.690. The van der Waals surface area contributed by atoms with Crippen LogP contribution in [0.3, 0.4) is 0 Å². The highest BCUT2D eigenvalue weighted by Gasteiger charge is 2.31. The average Bonchev–Trinajstić information content (AvgIpc) is 2.33. The summed E-state index contributed by atoms with van der Waals surface area (Å²) in [4.78, 5) is 0.0272. The molecular formula is C12H18ClFN2O2S. The van der Waals surface area contributed by atoms with Gasteiger partial charge in [0, 0.05) is 25.7 Å². The first-order chi connectivity index (χ1) is 8.43. The molecule has 108 valence electrons. The molecule has 4 nitrogen and oxygen atoms in total. The molecule has 1 aromatic rings. The molecule has 0 aliphatic carbocycles. The van der Waals surface area contributed by atoms with Gasteiger partial charge in [-0.25, -0.2) is 12.8 Å². The van der Waals surface area contributed by atoms with Crippen LogP contribution in [0.5, 0.6) is 0 Å². The van der Waals surface area contributed by atoms with Crippen LogP contribution < -0.4 is 5.32 Å². The van der Waals surface area contributed by atoms with Crippen molar-refractivity contribution in [2.24, 2.45) is 0 Å². The number of hydrogen-bond acceptors (Lipinski definition) is 3. The average molecular weight is 309 g/mol. The molecule has 7 heteroatoms. The highest BCUT2D eigenvalue weighted by atomic mass is 35.5. The first-order valence-corrected chi connectivity index (χ1v) is 7.35. The maximum atomic E-state index is 13.5. The summed E-state index contributed by atoms with van der Waals surface area (Å²) >= 11 is 0. The van der Waals surface area contributed by atoms with E-state index in [0.29, 0.717) is 25.2 Å². The zero-order valence-corrected chi connectivity index (χ0v) is 12.5. The number of aryl methyl sites for hydroxylation is 1. The molecule has 0 amide bonds. The fourth-order valence-electron chi connectivity index (χ4n) is 2.05. The summed E-state index contributed by atoms with van der Waals surface area (Å²) in [5.74, 6) is -0.487. The number of nitrogens with one attached hydrogen (secondary N) is 1. The monoisotopic (exact) mass is 308 g/mol. The van der Waals surface area contributed by atoms with E-state index >= 15 is 0 Å². The van der Waals surface area contributed by atoms with Crippen LogP contribution in [0.2, 0.25) is 0 Å². The van der Waals surface area contributed by atoms with Crippen LogP contribution in [-0.2, 0) is 10.0 Å². The van der Waals surface area contributed by atoms with Gasteiger partial charge in [0.1, 0.15) is 5.82 Å². The van der Waals surface area contributed by atoms with Gasteiger partial charge in [-0.2, -0.15) is 4.31 Å². The summed E-state index contributed by atoms with van der Waals surface area (Å²) in [5, 5.41) is 3.13. The van der Waals surface area contributed by atoms with Crippen molar-refractivity contribution in [2.75, 3.05) is 19.6 Å². The van der Waals surface area contributed by atoms with Crippen LogP contribution in [0.15, 0.2) is 23.1 Å². The summed E-state index contributed by atoms with van der Waals surface area (Å²) < 4.78 is 39.7. The maximum absolute atomic E-state index is 13.5. The molecule has 1 saturated heterocycles. The molecule has 0 radical (unpaired) electrons. The molecule has 0 aromatic heterocycles. The van der Waals surface area contributed by atoms with E-state index in [0.717, 1.165) is 6.07 Å². The zero-order chi connectivity index (χ0) is 13.3. The number of sulfonamides is 1. The van der Waals surface area contributed by atoms with E-state index in [1.807, 2.05) is 6.92 Å². The lowest BCUT2D eigenvalue weighted by Crippen LogP contribution is -2.52. The molecule has 19 heavy (non-hydrogen) atoms. The number of hydrogen-bond donors (Lipinski definition) is 1. The Morgan fingerprint density at radius 3 is 2.68 bits per heavy atom. The zero-order valence-electron chi connectivity index (χ0n) is 10.9. The molecule has 1 aliphatic heterocycles. The molecule has 1 N–H and O–H groups in total. The van der Waals surface area contributed by atoms with Gasteiger partial charge in [0.05, 0.1) is 4.90 Å². The number of piperazine rings is 1. The Labute approximate surface area is 119 Å². The fraction of sp³-hybridized carbons (Fsp3) is 0.500. The molecule has 1 aliphatic rings. The SMILES string of the molecule is Cc1ccc(S(=O)(=O)N2CCNC[C@H]2C)cc1F.Cl. The molecule has 0 bridgehead atoms. The van der Waals surface area contributed by atoms with Gasteiger partial charge >= 0.3 is 0 Å². The van der Waals surface area contributed by atoms with Crippen molar-refractivity contribution in [3.63, 3.8) is 0 Å². The molecule has 1 atom stereocenters. The minimum absolute atomic E-state index is 0. The summed E-state index contributed by atoms with van der Waals surface area (Å²) in [7, 11) is -3.60. The number of benzene rings is 1. The van der Waals surface area contributed by atoms with Crippen molar-refractivity contribution < 1.29 is 12.8 Å². The normalized spacial score (nSPS) is 20.9. The second-order valence-electron chi connectivity index (χ2n) is 4.58. The van der Waals surface area contributed by atoms with Gasteiger partial charge in [0.25, 0.3) is 0 Å². The van der Waals surface area contributed by atoms with Crippen LogP contribution in [-0.4, -0.2) is 38.4 Å². The Bertz CT molecular complexity index is 551. The Morgan fingerprint density at radius 1 is 1.42 bits per heavy atom. The molecule has 0 unspecified atom stereocenters. The van der Waals surface area contributed by atoms with Crippen LogP contribution in [0.4, 0.5) is 4.39 Å². The minimum atomic E-state index is -3.60. The van der Waals surface area contributed by atoms with Gasteiger partial charge in [-0.1, -0.05) is 6.07 Å². The Morgan fingerprint density at radius 2 is 2.11 bits per heavy atom. The van der Waals surface area contributed by atoms with E-state index in [1.165, 1.54) is 16.4 Å². The fourth-order valence-corrected chi connectivity index (χ4v) is 3.69. The van der Waals surface area contributed by atoms with Gasteiger partial charge < -0.3 is 5.32 Å². The van der Waals surface area contributed by atoms with E-state index < -0.39 is 15.8 Å². The quantitative estimate of drug-likeness (QED) is 0.901. The van der Waals surface area contributed by atoms with E-state index in [2.05, 4.69) is 5.32 Å². The van der Waals surface area contributed by atoms with Crippen molar-refractivity contribution in [3.05, 3.63) is 29.6 Å². The maximum Gasteiger partial charge on any atom is 0.243 e. The van der Waals surface area contributed by atoms with Crippen molar-refractivity contribution in [1.82, 2.24) is 9.62 Å². The predicted molar refractivity (Wildman–Crippen MR) is 74.6 cm³/mol. The van der Waals surface area contributed by atoms with Gasteiger partial charge in [-0.3, -0.25) is 0 Å². The number of halogens is 2. The lowest BCUT2D eigenvalue weighted by atomic mass is 10.2. The number of nitrogens with zero attached hydrogens (tertiary/aromatic N) is 1. The second kappa shape index (κ2) is 6.17. The molecule has 2 rings (SSSR count). The Balaban J connectivity index is 0.00000180. The minimum Gasteiger partial charge on any atom is -0.314 e. The van der Waals surface area contributed by atoms with E-state index in [9.17, 15) is 12.8 Å². The Kier molecular flexibility index (Phi) is 5.32. The summed E-state index contributed by atoms with van der Waals surface area (Å²) in [6.07, 6.45) is 0. The van der Waals surface area contributed by atoms with Gasteiger partial charge in [0.15, 0.2) is 0 Å². The number of rotatable bonds is 2. The molecular weight excluding hydrogens is 291 g/mol.